The Morgan fingerprint density at radius 2 is 1.75 bits per heavy atom. The van der Waals surface area contributed by atoms with Gasteiger partial charge in [-0.05, 0) is 62.6 Å². The lowest BCUT2D eigenvalue weighted by molar-refractivity contribution is -0.122. The highest BCUT2D eigenvalue weighted by atomic mass is 32.2. The number of anilines is 1. The maximum atomic E-state index is 13.2. The van der Waals surface area contributed by atoms with E-state index in [1.54, 1.807) is 0 Å². The molecule has 1 N–H and O–H groups in total. The third-order valence-electron chi connectivity index (χ3n) is 4.70. The lowest BCUT2D eigenvalue weighted by atomic mass is 9.97. The Hall–Kier alpha value is -2.41. The van der Waals surface area contributed by atoms with Crippen molar-refractivity contribution in [2.45, 2.75) is 46.2 Å². The van der Waals surface area contributed by atoms with Crippen LogP contribution in [-0.4, -0.2) is 26.6 Å². The summed E-state index contributed by atoms with van der Waals surface area (Å²) in [6, 6.07) is 9.84. The fourth-order valence-corrected chi connectivity index (χ4v) is 4.48. The first-order valence-corrected chi connectivity index (χ1v) is 11.0. The molecule has 152 valence electrons. The average molecular weight is 407 g/mol. The summed E-state index contributed by atoms with van der Waals surface area (Å²) in [7, 11) is -3.75. The van der Waals surface area contributed by atoms with Crippen molar-refractivity contribution in [2.75, 3.05) is 10.6 Å². The van der Waals surface area contributed by atoms with Gasteiger partial charge in [0.25, 0.3) is 0 Å². The zero-order valence-electron chi connectivity index (χ0n) is 16.9. The highest BCUT2D eigenvalue weighted by Gasteiger charge is 2.30. The predicted octanol–water partition coefficient (Wildman–Crippen LogP) is 3.86. The molecule has 2 rings (SSSR count). The molecule has 0 saturated heterocycles. The summed E-state index contributed by atoms with van der Waals surface area (Å²) in [5, 5.41) is 2.96. The minimum atomic E-state index is -3.75. The lowest BCUT2D eigenvalue weighted by Gasteiger charge is -2.30. The van der Waals surface area contributed by atoms with E-state index in [1.165, 1.54) is 31.2 Å². The van der Waals surface area contributed by atoms with E-state index in [-0.39, 0.29) is 11.7 Å². The van der Waals surface area contributed by atoms with E-state index in [1.807, 2.05) is 32.9 Å². The molecule has 0 bridgehead atoms. The van der Waals surface area contributed by atoms with Gasteiger partial charge in [-0.25, -0.2) is 12.8 Å². The Labute approximate surface area is 166 Å². The highest BCUT2D eigenvalue weighted by molar-refractivity contribution is 7.92. The van der Waals surface area contributed by atoms with Crippen molar-refractivity contribution in [3.63, 3.8) is 0 Å². The molecular weight excluding hydrogens is 379 g/mol. The van der Waals surface area contributed by atoms with Gasteiger partial charge in [0.2, 0.25) is 15.9 Å². The second-order valence-corrected chi connectivity index (χ2v) is 8.90. The van der Waals surface area contributed by atoms with E-state index in [0.29, 0.717) is 6.42 Å². The number of carbonyl (C=O) groups excluding carboxylic acids is 1. The number of hydrogen-bond donors (Lipinski definition) is 1. The minimum absolute atomic E-state index is 0.231. The lowest BCUT2D eigenvalue weighted by Crippen LogP contribution is -2.48. The van der Waals surface area contributed by atoms with Crippen molar-refractivity contribution in [3.8, 4) is 0 Å². The van der Waals surface area contributed by atoms with Gasteiger partial charge in [0.1, 0.15) is 11.9 Å². The van der Waals surface area contributed by atoms with Crippen LogP contribution in [0.4, 0.5) is 10.1 Å². The molecule has 2 aromatic rings. The van der Waals surface area contributed by atoms with Crippen molar-refractivity contribution in [1.29, 1.82) is 0 Å². The molecule has 28 heavy (non-hydrogen) atoms. The molecule has 2 atom stereocenters. The maximum absolute atomic E-state index is 13.2. The third-order valence-corrected chi connectivity index (χ3v) is 5.94. The molecule has 7 heteroatoms. The van der Waals surface area contributed by atoms with Crippen LogP contribution >= 0.6 is 0 Å². The molecule has 0 saturated carbocycles. The van der Waals surface area contributed by atoms with Gasteiger partial charge in [-0.2, -0.15) is 0 Å². The second kappa shape index (κ2) is 8.73. The molecule has 0 aliphatic carbocycles. The number of aryl methyl sites for hydroxylation is 2. The van der Waals surface area contributed by atoms with Gasteiger partial charge in [0, 0.05) is 0 Å². The maximum Gasteiger partial charge on any atom is 0.244 e. The first-order valence-electron chi connectivity index (χ1n) is 9.17. The van der Waals surface area contributed by atoms with E-state index in [4.69, 9.17) is 0 Å². The normalized spacial score (nSPS) is 13.6. The monoisotopic (exact) mass is 406 g/mol. The van der Waals surface area contributed by atoms with E-state index in [2.05, 4.69) is 11.4 Å². The summed E-state index contributed by atoms with van der Waals surface area (Å²) in [5.74, 6) is -0.892. The van der Waals surface area contributed by atoms with Crippen LogP contribution in [-0.2, 0) is 14.8 Å². The first kappa shape index (κ1) is 21.9. The summed E-state index contributed by atoms with van der Waals surface area (Å²) in [6.07, 6.45) is 1.69. The van der Waals surface area contributed by atoms with Crippen LogP contribution in [0.2, 0.25) is 0 Å². The third kappa shape index (κ3) is 5.10. The Balaban J connectivity index is 2.30. The quantitative estimate of drug-likeness (QED) is 0.759. The molecule has 0 aromatic heterocycles. The molecular formula is C21H27FN2O3S. The standard InChI is InChI=1S/C21H27FN2O3S/c1-6-20(19-12-7-14(2)13-15(19)3)23-21(25)16(4)24(28(5,26)27)18-10-8-17(22)9-11-18/h7-13,16,20H,6H2,1-5H3,(H,23,25)/t16-,20+/m0/s1. The van der Waals surface area contributed by atoms with E-state index < -0.39 is 27.8 Å². The van der Waals surface area contributed by atoms with Crippen LogP contribution in [0.25, 0.3) is 0 Å². The minimum Gasteiger partial charge on any atom is -0.347 e. The molecule has 0 fully saturated rings. The van der Waals surface area contributed by atoms with Crippen LogP contribution < -0.4 is 9.62 Å². The fraction of sp³-hybridized carbons (Fsp3) is 0.381. The molecule has 1 amide bonds. The van der Waals surface area contributed by atoms with E-state index in [0.717, 1.165) is 27.3 Å². The molecule has 5 nitrogen and oxygen atoms in total. The van der Waals surface area contributed by atoms with Crippen LogP contribution in [0.1, 0.15) is 43.0 Å². The van der Waals surface area contributed by atoms with Crippen LogP contribution in [0.15, 0.2) is 42.5 Å². The van der Waals surface area contributed by atoms with E-state index in [9.17, 15) is 17.6 Å². The summed E-state index contributed by atoms with van der Waals surface area (Å²) in [5.41, 5.74) is 3.45. The van der Waals surface area contributed by atoms with Crippen molar-refractivity contribution < 1.29 is 17.6 Å². The van der Waals surface area contributed by atoms with Crippen molar-refractivity contribution >= 4 is 21.6 Å². The average Bonchev–Trinajstić information content (AvgIpc) is 2.60. The molecule has 0 heterocycles. The van der Waals surface area contributed by atoms with Crippen molar-refractivity contribution in [2.24, 2.45) is 0 Å². The highest BCUT2D eigenvalue weighted by Crippen LogP contribution is 2.24. The number of sulfonamides is 1. The number of carbonyl (C=O) groups is 1. The summed E-state index contributed by atoms with van der Waals surface area (Å²) in [4.78, 5) is 12.9. The number of amides is 1. The Morgan fingerprint density at radius 3 is 2.25 bits per heavy atom. The van der Waals surface area contributed by atoms with Gasteiger partial charge < -0.3 is 5.32 Å². The van der Waals surface area contributed by atoms with Gasteiger partial charge in [0.05, 0.1) is 18.0 Å². The number of halogens is 1. The molecule has 0 unspecified atom stereocenters. The molecule has 2 aromatic carbocycles. The van der Waals surface area contributed by atoms with Crippen LogP contribution in [0.3, 0.4) is 0 Å². The fourth-order valence-electron chi connectivity index (χ4n) is 3.31. The summed E-state index contributed by atoms with van der Waals surface area (Å²) >= 11 is 0. The summed E-state index contributed by atoms with van der Waals surface area (Å²) in [6.45, 7) is 7.48. The van der Waals surface area contributed by atoms with E-state index >= 15 is 0 Å². The topological polar surface area (TPSA) is 66.5 Å². The van der Waals surface area contributed by atoms with Gasteiger partial charge in [0.15, 0.2) is 0 Å². The number of hydrogen-bond acceptors (Lipinski definition) is 3. The van der Waals surface area contributed by atoms with Gasteiger partial charge in [-0.15, -0.1) is 0 Å². The Bertz CT molecular complexity index is 943. The summed E-state index contributed by atoms with van der Waals surface area (Å²) < 4.78 is 38.9. The first-order chi connectivity index (χ1) is 13.0. The number of benzene rings is 2. The molecule has 0 aliphatic rings. The predicted molar refractivity (Wildman–Crippen MR) is 110 cm³/mol. The zero-order valence-corrected chi connectivity index (χ0v) is 17.7. The smallest absolute Gasteiger partial charge is 0.244 e. The number of rotatable bonds is 7. The van der Waals surface area contributed by atoms with Crippen molar-refractivity contribution in [3.05, 3.63) is 65.0 Å². The number of nitrogens with zero attached hydrogens (tertiary/aromatic N) is 1. The number of nitrogens with one attached hydrogen (secondary N) is 1. The van der Waals surface area contributed by atoms with Crippen LogP contribution in [0.5, 0.6) is 0 Å². The largest absolute Gasteiger partial charge is 0.347 e. The van der Waals surface area contributed by atoms with Gasteiger partial charge in [-0.3, -0.25) is 9.10 Å². The molecule has 0 radical (unpaired) electrons. The second-order valence-electron chi connectivity index (χ2n) is 7.04. The van der Waals surface area contributed by atoms with Crippen LogP contribution in [0, 0.1) is 19.7 Å². The Kier molecular flexibility index (Phi) is 6.82. The van der Waals surface area contributed by atoms with Gasteiger partial charge in [-0.1, -0.05) is 30.7 Å². The zero-order chi connectivity index (χ0) is 21.1. The Morgan fingerprint density at radius 1 is 1.14 bits per heavy atom. The van der Waals surface area contributed by atoms with Gasteiger partial charge >= 0.3 is 0 Å². The van der Waals surface area contributed by atoms with Crippen molar-refractivity contribution in [1.82, 2.24) is 5.32 Å². The SMILES string of the molecule is CC[C@@H](NC(=O)[C@H](C)N(c1ccc(F)cc1)S(C)(=O)=O)c1ccc(C)cc1C. The molecule has 0 spiro atoms. The molecule has 0 aliphatic heterocycles.